The van der Waals surface area contributed by atoms with E-state index in [-0.39, 0.29) is 11.5 Å². The number of hydrogen-bond donors (Lipinski definition) is 3. The highest BCUT2D eigenvalue weighted by Crippen LogP contribution is 2.23. The second-order valence-corrected chi connectivity index (χ2v) is 3.75. The van der Waals surface area contributed by atoms with Gasteiger partial charge in [0.2, 0.25) is 0 Å². The molecule has 86 valence electrons. The molecule has 0 fully saturated rings. The SMILES string of the molecule is NC(=Cc1cc(O)cc(O)c1)c1ccccc1. The van der Waals surface area contributed by atoms with Gasteiger partial charge in [-0.25, -0.2) is 0 Å². The van der Waals surface area contributed by atoms with Crippen molar-refractivity contribution in [2.24, 2.45) is 5.73 Å². The fraction of sp³-hybridized carbons (Fsp3) is 0. The highest BCUT2D eigenvalue weighted by Gasteiger charge is 1.99. The summed E-state index contributed by atoms with van der Waals surface area (Å²) >= 11 is 0. The van der Waals surface area contributed by atoms with Crippen molar-refractivity contribution in [3.8, 4) is 11.5 Å². The standard InChI is InChI=1S/C14H13NO2/c15-14(11-4-2-1-3-5-11)8-10-6-12(16)9-13(17)7-10/h1-9,16-17H,15H2. The van der Waals surface area contributed by atoms with Crippen molar-refractivity contribution in [1.82, 2.24) is 0 Å². The molecule has 0 spiro atoms. The van der Waals surface area contributed by atoms with Crippen molar-refractivity contribution in [2.75, 3.05) is 0 Å². The molecule has 0 aromatic heterocycles. The average Bonchev–Trinajstić information content (AvgIpc) is 2.28. The summed E-state index contributed by atoms with van der Waals surface area (Å²) in [5, 5.41) is 18.7. The van der Waals surface area contributed by atoms with Crippen LogP contribution in [0.3, 0.4) is 0 Å². The third kappa shape index (κ3) is 2.78. The first-order chi connectivity index (χ1) is 8.15. The lowest BCUT2D eigenvalue weighted by atomic mass is 10.1. The Morgan fingerprint density at radius 2 is 1.53 bits per heavy atom. The number of phenols is 2. The summed E-state index contributed by atoms with van der Waals surface area (Å²) in [6, 6.07) is 13.9. The molecule has 0 aliphatic rings. The van der Waals surface area contributed by atoms with E-state index in [9.17, 15) is 10.2 Å². The molecular weight excluding hydrogens is 214 g/mol. The first-order valence-electron chi connectivity index (χ1n) is 5.21. The molecule has 0 saturated heterocycles. The Kier molecular flexibility index (Phi) is 3.01. The largest absolute Gasteiger partial charge is 0.508 e. The molecule has 2 aromatic carbocycles. The molecule has 3 heteroatoms. The first kappa shape index (κ1) is 11.1. The van der Waals surface area contributed by atoms with Gasteiger partial charge >= 0.3 is 0 Å². The summed E-state index contributed by atoms with van der Waals surface area (Å²) < 4.78 is 0. The van der Waals surface area contributed by atoms with Gasteiger partial charge in [-0.2, -0.15) is 0 Å². The van der Waals surface area contributed by atoms with Crippen molar-refractivity contribution >= 4 is 11.8 Å². The van der Waals surface area contributed by atoms with E-state index in [1.54, 1.807) is 6.08 Å². The van der Waals surface area contributed by atoms with Crippen molar-refractivity contribution < 1.29 is 10.2 Å². The van der Waals surface area contributed by atoms with Gasteiger partial charge in [-0.15, -0.1) is 0 Å². The maximum absolute atomic E-state index is 9.35. The van der Waals surface area contributed by atoms with Gasteiger partial charge in [-0.1, -0.05) is 30.3 Å². The summed E-state index contributed by atoms with van der Waals surface area (Å²) in [7, 11) is 0. The molecule has 2 rings (SSSR count). The van der Waals surface area contributed by atoms with Gasteiger partial charge in [0.05, 0.1) is 0 Å². The number of benzene rings is 2. The summed E-state index contributed by atoms with van der Waals surface area (Å²) in [6.07, 6.45) is 1.70. The normalized spacial score (nSPS) is 11.4. The molecule has 17 heavy (non-hydrogen) atoms. The quantitative estimate of drug-likeness (QED) is 0.691. The lowest BCUT2D eigenvalue weighted by Gasteiger charge is -2.03. The Hall–Kier alpha value is -2.42. The van der Waals surface area contributed by atoms with Crippen LogP contribution in [0.2, 0.25) is 0 Å². The predicted octanol–water partition coefficient (Wildman–Crippen LogP) is 2.55. The minimum atomic E-state index is 0.0112. The summed E-state index contributed by atoms with van der Waals surface area (Å²) in [5.41, 5.74) is 8.06. The van der Waals surface area contributed by atoms with E-state index in [1.165, 1.54) is 18.2 Å². The predicted molar refractivity (Wildman–Crippen MR) is 68.3 cm³/mol. The zero-order valence-electron chi connectivity index (χ0n) is 9.17. The van der Waals surface area contributed by atoms with E-state index < -0.39 is 0 Å². The molecule has 0 aliphatic heterocycles. The Bertz CT molecular complexity index is 527. The Morgan fingerprint density at radius 3 is 2.12 bits per heavy atom. The second kappa shape index (κ2) is 4.61. The lowest BCUT2D eigenvalue weighted by molar-refractivity contribution is 0.450. The van der Waals surface area contributed by atoms with E-state index in [4.69, 9.17) is 5.73 Å². The molecule has 0 bridgehead atoms. The van der Waals surface area contributed by atoms with Crippen LogP contribution in [-0.4, -0.2) is 10.2 Å². The minimum absolute atomic E-state index is 0.0112. The third-order valence-corrected chi connectivity index (χ3v) is 2.35. The van der Waals surface area contributed by atoms with Gasteiger partial charge in [0, 0.05) is 11.8 Å². The van der Waals surface area contributed by atoms with Crippen LogP contribution in [-0.2, 0) is 0 Å². The molecule has 0 amide bonds. The van der Waals surface area contributed by atoms with Gasteiger partial charge in [-0.05, 0) is 29.3 Å². The van der Waals surface area contributed by atoms with Crippen molar-refractivity contribution in [3.63, 3.8) is 0 Å². The zero-order chi connectivity index (χ0) is 12.3. The van der Waals surface area contributed by atoms with Crippen LogP contribution in [0.4, 0.5) is 0 Å². The van der Waals surface area contributed by atoms with E-state index in [2.05, 4.69) is 0 Å². The minimum Gasteiger partial charge on any atom is -0.508 e. The second-order valence-electron chi connectivity index (χ2n) is 3.75. The van der Waals surface area contributed by atoms with Crippen LogP contribution in [0.1, 0.15) is 11.1 Å². The van der Waals surface area contributed by atoms with Gasteiger partial charge in [0.15, 0.2) is 0 Å². The molecular formula is C14H13NO2. The molecule has 2 aromatic rings. The topological polar surface area (TPSA) is 66.5 Å². The van der Waals surface area contributed by atoms with Crippen molar-refractivity contribution in [1.29, 1.82) is 0 Å². The van der Waals surface area contributed by atoms with Gasteiger partial charge in [0.1, 0.15) is 11.5 Å². The lowest BCUT2D eigenvalue weighted by Crippen LogP contribution is -1.95. The zero-order valence-corrected chi connectivity index (χ0v) is 9.17. The number of rotatable bonds is 2. The number of phenolic OH excluding ortho intramolecular Hbond substituents is 2. The molecule has 0 radical (unpaired) electrons. The fourth-order valence-corrected chi connectivity index (χ4v) is 1.59. The van der Waals surface area contributed by atoms with E-state index in [0.29, 0.717) is 11.3 Å². The molecule has 0 saturated carbocycles. The fourth-order valence-electron chi connectivity index (χ4n) is 1.59. The highest BCUT2D eigenvalue weighted by molar-refractivity contribution is 5.79. The van der Waals surface area contributed by atoms with Crippen LogP contribution in [0, 0.1) is 0 Å². The van der Waals surface area contributed by atoms with Gasteiger partial charge in [-0.3, -0.25) is 0 Å². The molecule has 0 heterocycles. The van der Waals surface area contributed by atoms with Gasteiger partial charge < -0.3 is 15.9 Å². The van der Waals surface area contributed by atoms with E-state index in [1.807, 2.05) is 30.3 Å². The average molecular weight is 227 g/mol. The first-order valence-corrected chi connectivity index (χ1v) is 5.21. The molecule has 4 N–H and O–H groups in total. The maximum Gasteiger partial charge on any atom is 0.119 e. The number of nitrogens with two attached hydrogens (primary N) is 1. The summed E-state index contributed by atoms with van der Waals surface area (Å²) in [5.74, 6) is 0.0224. The van der Waals surface area contributed by atoms with Crippen LogP contribution in [0.15, 0.2) is 48.5 Å². The molecule has 0 unspecified atom stereocenters. The number of aromatic hydroxyl groups is 2. The molecule has 0 atom stereocenters. The highest BCUT2D eigenvalue weighted by atomic mass is 16.3. The van der Waals surface area contributed by atoms with E-state index in [0.717, 1.165) is 5.56 Å². The summed E-state index contributed by atoms with van der Waals surface area (Å²) in [4.78, 5) is 0. The Morgan fingerprint density at radius 1 is 0.941 bits per heavy atom. The monoisotopic (exact) mass is 227 g/mol. The van der Waals surface area contributed by atoms with Crippen LogP contribution >= 0.6 is 0 Å². The van der Waals surface area contributed by atoms with Gasteiger partial charge in [0.25, 0.3) is 0 Å². The summed E-state index contributed by atoms with van der Waals surface area (Å²) in [6.45, 7) is 0. The number of hydrogen-bond acceptors (Lipinski definition) is 3. The molecule has 3 nitrogen and oxygen atoms in total. The van der Waals surface area contributed by atoms with Crippen molar-refractivity contribution in [3.05, 3.63) is 59.7 Å². The van der Waals surface area contributed by atoms with E-state index >= 15 is 0 Å². The Balaban J connectivity index is 2.36. The smallest absolute Gasteiger partial charge is 0.119 e. The van der Waals surface area contributed by atoms with Crippen LogP contribution < -0.4 is 5.73 Å². The molecule has 0 aliphatic carbocycles. The Labute approximate surface area is 99.5 Å². The van der Waals surface area contributed by atoms with Crippen LogP contribution in [0.25, 0.3) is 11.8 Å². The maximum atomic E-state index is 9.35. The van der Waals surface area contributed by atoms with Crippen LogP contribution in [0.5, 0.6) is 11.5 Å². The van der Waals surface area contributed by atoms with Crippen molar-refractivity contribution in [2.45, 2.75) is 0 Å². The third-order valence-electron chi connectivity index (χ3n) is 2.35.